The molecule has 0 bridgehead atoms. The Bertz CT molecular complexity index is 600. The molecule has 102 valence electrons. The van der Waals surface area contributed by atoms with E-state index in [0.717, 1.165) is 39.4 Å². The summed E-state index contributed by atoms with van der Waals surface area (Å²) in [5.74, 6) is 0.671. The molecule has 0 atom stereocenters. The highest BCUT2D eigenvalue weighted by molar-refractivity contribution is 5.42. The maximum Gasteiger partial charge on any atom is 0.364 e. The molecule has 1 saturated heterocycles. The topological polar surface area (TPSA) is 87.5 Å². The maximum absolute atomic E-state index is 11.4. The number of H-pyrrole nitrogens is 1. The van der Waals surface area contributed by atoms with Crippen molar-refractivity contribution in [1.82, 2.24) is 24.7 Å². The molecule has 3 heterocycles. The summed E-state index contributed by atoms with van der Waals surface area (Å²) in [5, 5.41) is 13.6. The molecule has 8 heteroatoms. The molecule has 0 unspecified atom stereocenters. The number of morpholine rings is 1. The van der Waals surface area contributed by atoms with Crippen LogP contribution in [0.25, 0.3) is 5.65 Å². The lowest BCUT2D eigenvalue weighted by atomic mass is 10.4. The summed E-state index contributed by atoms with van der Waals surface area (Å²) in [6.07, 6.45) is 0. The molecule has 0 radical (unpaired) electrons. The first-order valence-corrected chi connectivity index (χ1v) is 6.31. The number of nitrogens with zero attached hydrogens (tertiary/aromatic N) is 4. The molecule has 2 N–H and O–H groups in total. The van der Waals surface area contributed by atoms with Gasteiger partial charge in [0.25, 0.3) is 0 Å². The molecule has 1 aliphatic rings. The van der Waals surface area contributed by atoms with Crippen LogP contribution in [0.4, 0.5) is 5.82 Å². The molecule has 0 amide bonds. The number of anilines is 1. The van der Waals surface area contributed by atoms with E-state index in [1.807, 2.05) is 6.07 Å². The number of aromatic amines is 1. The molecule has 8 nitrogen and oxygen atoms in total. The van der Waals surface area contributed by atoms with Crippen molar-refractivity contribution in [2.75, 3.05) is 44.7 Å². The van der Waals surface area contributed by atoms with E-state index in [-0.39, 0.29) is 5.69 Å². The van der Waals surface area contributed by atoms with Crippen molar-refractivity contribution in [3.05, 3.63) is 22.6 Å². The minimum atomic E-state index is -0.327. The highest BCUT2D eigenvalue weighted by Crippen LogP contribution is 2.03. The fourth-order valence-corrected chi connectivity index (χ4v) is 2.06. The number of fused-ring (bicyclic) bond motifs is 1. The second-order valence-electron chi connectivity index (χ2n) is 4.40. The average molecular weight is 264 g/mol. The van der Waals surface area contributed by atoms with Gasteiger partial charge in [0.2, 0.25) is 0 Å². The Morgan fingerprint density at radius 2 is 2.21 bits per heavy atom. The van der Waals surface area contributed by atoms with Crippen molar-refractivity contribution in [2.45, 2.75) is 0 Å². The largest absolute Gasteiger partial charge is 0.379 e. The summed E-state index contributed by atoms with van der Waals surface area (Å²) in [7, 11) is 0. The van der Waals surface area contributed by atoms with Crippen LogP contribution in [-0.2, 0) is 4.74 Å². The first kappa shape index (κ1) is 12.1. The van der Waals surface area contributed by atoms with Gasteiger partial charge in [-0.25, -0.2) is 9.89 Å². The lowest BCUT2D eigenvalue weighted by Gasteiger charge is -2.26. The van der Waals surface area contributed by atoms with Gasteiger partial charge < -0.3 is 10.1 Å². The molecule has 3 rings (SSSR count). The van der Waals surface area contributed by atoms with Crippen LogP contribution in [0, 0.1) is 0 Å². The van der Waals surface area contributed by atoms with Crippen LogP contribution in [0.15, 0.2) is 16.9 Å². The van der Waals surface area contributed by atoms with Gasteiger partial charge in [-0.15, -0.1) is 5.10 Å². The number of hydrogen-bond acceptors (Lipinski definition) is 6. The zero-order valence-corrected chi connectivity index (χ0v) is 10.5. The van der Waals surface area contributed by atoms with Crippen LogP contribution in [0.3, 0.4) is 0 Å². The van der Waals surface area contributed by atoms with Gasteiger partial charge >= 0.3 is 5.69 Å². The number of rotatable bonds is 4. The quantitative estimate of drug-likeness (QED) is 0.749. The molecule has 0 aliphatic carbocycles. The summed E-state index contributed by atoms with van der Waals surface area (Å²) in [6, 6.07) is 3.57. The van der Waals surface area contributed by atoms with Gasteiger partial charge in [0.05, 0.1) is 13.2 Å². The smallest absolute Gasteiger partial charge is 0.364 e. The Morgan fingerprint density at radius 1 is 1.37 bits per heavy atom. The fraction of sp³-hybridized carbons (Fsp3) is 0.545. The zero-order valence-electron chi connectivity index (χ0n) is 10.5. The molecule has 0 saturated carbocycles. The second kappa shape index (κ2) is 5.37. The monoisotopic (exact) mass is 264 g/mol. The van der Waals surface area contributed by atoms with E-state index >= 15 is 0 Å². The van der Waals surface area contributed by atoms with Crippen LogP contribution in [0.2, 0.25) is 0 Å². The van der Waals surface area contributed by atoms with E-state index in [9.17, 15) is 4.79 Å². The van der Waals surface area contributed by atoms with Crippen LogP contribution >= 0.6 is 0 Å². The van der Waals surface area contributed by atoms with Crippen molar-refractivity contribution in [3.8, 4) is 0 Å². The molecular formula is C11H16N6O2. The minimum Gasteiger partial charge on any atom is -0.379 e. The molecule has 19 heavy (non-hydrogen) atoms. The normalized spacial score (nSPS) is 16.8. The van der Waals surface area contributed by atoms with Gasteiger partial charge in [0.15, 0.2) is 5.65 Å². The fourth-order valence-electron chi connectivity index (χ4n) is 2.06. The van der Waals surface area contributed by atoms with E-state index in [4.69, 9.17) is 4.74 Å². The SMILES string of the molecule is O=c1[nH]nc2ccc(NCCN3CCOCC3)nn12. The van der Waals surface area contributed by atoms with Gasteiger partial charge in [0.1, 0.15) is 5.82 Å². The number of hydrogen-bond donors (Lipinski definition) is 2. The Kier molecular flexibility index (Phi) is 3.43. The summed E-state index contributed by atoms with van der Waals surface area (Å²) >= 11 is 0. The lowest BCUT2D eigenvalue weighted by molar-refractivity contribution is 0.0398. The number of ether oxygens (including phenoxy) is 1. The molecule has 0 aromatic carbocycles. The second-order valence-corrected chi connectivity index (χ2v) is 4.40. The third-order valence-electron chi connectivity index (χ3n) is 3.11. The Labute approximate surface area is 109 Å². The van der Waals surface area contributed by atoms with Crippen LogP contribution < -0.4 is 11.0 Å². The summed E-state index contributed by atoms with van der Waals surface area (Å²) < 4.78 is 6.54. The van der Waals surface area contributed by atoms with E-state index in [0.29, 0.717) is 11.5 Å². The maximum atomic E-state index is 11.4. The molecule has 1 aliphatic heterocycles. The van der Waals surface area contributed by atoms with Crippen molar-refractivity contribution >= 4 is 11.5 Å². The predicted octanol–water partition coefficient (Wildman–Crippen LogP) is -0.838. The van der Waals surface area contributed by atoms with Crippen LogP contribution in [-0.4, -0.2) is 64.1 Å². The Balaban J connectivity index is 1.58. The highest BCUT2D eigenvalue weighted by atomic mass is 16.5. The molecular weight excluding hydrogens is 248 g/mol. The highest BCUT2D eigenvalue weighted by Gasteiger charge is 2.09. The Morgan fingerprint density at radius 3 is 3.05 bits per heavy atom. The van der Waals surface area contributed by atoms with Gasteiger partial charge in [-0.3, -0.25) is 4.90 Å². The summed E-state index contributed by atoms with van der Waals surface area (Å²) in [6.45, 7) is 5.25. The van der Waals surface area contributed by atoms with E-state index < -0.39 is 0 Å². The third-order valence-corrected chi connectivity index (χ3v) is 3.11. The van der Waals surface area contributed by atoms with Crippen LogP contribution in [0.5, 0.6) is 0 Å². The van der Waals surface area contributed by atoms with Crippen molar-refractivity contribution < 1.29 is 4.74 Å². The van der Waals surface area contributed by atoms with Crippen molar-refractivity contribution in [2.24, 2.45) is 0 Å². The standard InChI is InChI=1S/C11H16N6O2/c18-11-14-13-10-2-1-9(15-17(10)11)12-3-4-16-5-7-19-8-6-16/h1-2H,3-8H2,(H,12,15)(H,14,18). The van der Waals surface area contributed by atoms with Gasteiger partial charge in [-0.1, -0.05) is 0 Å². The average Bonchev–Trinajstić information content (AvgIpc) is 2.82. The Hall–Kier alpha value is -1.93. The van der Waals surface area contributed by atoms with Crippen molar-refractivity contribution in [1.29, 1.82) is 0 Å². The summed E-state index contributed by atoms with van der Waals surface area (Å²) in [4.78, 5) is 13.7. The lowest BCUT2D eigenvalue weighted by Crippen LogP contribution is -2.39. The minimum absolute atomic E-state index is 0.327. The van der Waals surface area contributed by atoms with Gasteiger partial charge in [-0.2, -0.15) is 9.61 Å². The van der Waals surface area contributed by atoms with Gasteiger partial charge in [0, 0.05) is 26.2 Å². The zero-order chi connectivity index (χ0) is 13.1. The van der Waals surface area contributed by atoms with Gasteiger partial charge in [-0.05, 0) is 12.1 Å². The molecule has 2 aromatic rings. The first-order chi connectivity index (χ1) is 9.33. The predicted molar refractivity (Wildman–Crippen MR) is 69.4 cm³/mol. The van der Waals surface area contributed by atoms with E-state index in [1.54, 1.807) is 6.07 Å². The van der Waals surface area contributed by atoms with Crippen molar-refractivity contribution in [3.63, 3.8) is 0 Å². The molecule has 2 aromatic heterocycles. The van der Waals surface area contributed by atoms with Crippen LogP contribution in [0.1, 0.15) is 0 Å². The van der Waals surface area contributed by atoms with E-state index in [1.165, 1.54) is 4.52 Å². The van der Waals surface area contributed by atoms with E-state index in [2.05, 4.69) is 25.5 Å². The molecule has 0 spiro atoms. The summed E-state index contributed by atoms with van der Waals surface area (Å²) in [5.41, 5.74) is 0.190. The number of aromatic nitrogens is 4. The molecule has 1 fully saturated rings. The third kappa shape index (κ3) is 2.74. The number of nitrogens with one attached hydrogen (secondary N) is 2. The first-order valence-electron chi connectivity index (χ1n) is 6.31.